The Hall–Kier alpha value is -1.35. The zero-order valence-electron chi connectivity index (χ0n) is 8.73. The molecule has 1 N–H and O–H groups in total. The predicted octanol–water partition coefficient (Wildman–Crippen LogP) is 0.760. The van der Waals surface area contributed by atoms with Crippen molar-refractivity contribution in [3.63, 3.8) is 0 Å². The summed E-state index contributed by atoms with van der Waals surface area (Å²) in [5.74, 6) is 0.697. The Bertz CT molecular complexity index is 487. The molecule has 78 valence electrons. The molecule has 2 heterocycles. The van der Waals surface area contributed by atoms with E-state index in [0.717, 1.165) is 6.54 Å². The second kappa shape index (κ2) is 3.07. The molecule has 1 aliphatic carbocycles. The van der Waals surface area contributed by atoms with Crippen molar-refractivity contribution in [1.82, 2.24) is 9.88 Å². The number of aryl methyl sites for hydroxylation is 1. The largest absolute Gasteiger partial charge is 0.318 e. The second-order valence-corrected chi connectivity index (χ2v) is 4.45. The van der Waals surface area contributed by atoms with Gasteiger partial charge in [-0.2, -0.15) is 0 Å². The molecule has 1 saturated heterocycles. The standard InChI is InChI=1S/C12H14N2O/c1-14-7-9(2-3-12(14)15)10-4-8-5-11(10)13-6-8/h2-4,7-8,11,13H,5-6H2,1H3. The number of aromatic nitrogens is 1. The lowest BCUT2D eigenvalue weighted by Crippen LogP contribution is -2.25. The van der Waals surface area contributed by atoms with Crippen LogP contribution in [0.4, 0.5) is 0 Å². The maximum atomic E-state index is 11.3. The van der Waals surface area contributed by atoms with Crippen LogP contribution in [0.25, 0.3) is 5.57 Å². The van der Waals surface area contributed by atoms with E-state index in [2.05, 4.69) is 11.4 Å². The molecule has 3 nitrogen and oxygen atoms in total. The third-order valence-corrected chi connectivity index (χ3v) is 3.37. The fraction of sp³-hybridized carbons (Fsp3) is 0.417. The minimum absolute atomic E-state index is 0.0514. The van der Waals surface area contributed by atoms with E-state index in [1.54, 1.807) is 17.7 Å². The van der Waals surface area contributed by atoms with Gasteiger partial charge in [-0.25, -0.2) is 0 Å². The molecule has 0 amide bonds. The van der Waals surface area contributed by atoms with E-state index in [4.69, 9.17) is 0 Å². The first kappa shape index (κ1) is 8.92. The van der Waals surface area contributed by atoms with E-state index < -0.39 is 0 Å². The summed E-state index contributed by atoms with van der Waals surface area (Å²) < 4.78 is 1.64. The van der Waals surface area contributed by atoms with Crippen LogP contribution in [0.1, 0.15) is 12.0 Å². The highest BCUT2D eigenvalue weighted by Crippen LogP contribution is 2.35. The lowest BCUT2D eigenvalue weighted by atomic mass is 10.0. The van der Waals surface area contributed by atoms with Gasteiger partial charge in [0.15, 0.2) is 0 Å². The monoisotopic (exact) mass is 202 g/mol. The fourth-order valence-corrected chi connectivity index (χ4v) is 2.56. The van der Waals surface area contributed by atoms with Crippen LogP contribution in [0.5, 0.6) is 0 Å². The number of fused-ring (bicyclic) bond motifs is 2. The maximum absolute atomic E-state index is 11.3. The molecular formula is C12H14N2O. The molecule has 2 aliphatic rings. The molecule has 3 rings (SSSR count). The minimum atomic E-state index is 0.0514. The summed E-state index contributed by atoms with van der Waals surface area (Å²) in [6, 6.07) is 4.08. The van der Waals surface area contributed by atoms with E-state index >= 15 is 0 Å². The number of hydrogen-bond acceptors (Lipinski definition) is 2. The third kappa shape index (κ3) is 1.35. The lowest BCUT2D eigenvalue weighted by molar-refractivity contribution is 0.722. The van der Waals surface area contributed by atoms with E-state index in [9.17, 15) is 4.79 Å². The average Bonchev–Trinajstić information content (AvgIpc) is 2.83. The molecule has 0 aromatic carbocycles. The lowest BCUT2D eigenvalue weighted by Gasteiger charge is -2.15. The van der Waals surface area contributed by atoms with Gasteiger partial charge in [-0.1, -0.05) is 6.08 Å². The topological polar surface area (TPSA) is 34.0 Å². The number of nitrogens with zero attached hydrogens (tertiary/aromatic N) is 1. The summed E-state index contributed by atoms with van der Waals surface area (Å²) >= 11 is 0. The van der Waals surface area contributed by atoms with Crippen molar-refractivity contribution in [2.24, 2.45) is 13.0 Å². The number of nitrogens with one attached hydrogen (secondary N) is 1. The Morgan fingerprint density at radius 1 is 1.47 bits per heavy atom. The van der Waals surface area contributed by atoms with Crippen LogP contribution in [0.3, 0.4) is 0 Å². The zero-order valence-corrected chi connectivity index (χ0v) is 8.73. The van der Waals surface area contributed by atoms with Crippen molar-refractivity contribution < 1.29 is 0 Å². The van der Waals surface area contributed by atoms with Gasteiger partial charge in [0.2, 0.25) is 5.56 Å². The second-order valence-electron chi connectivity index (χ2n) is 4.45. The van der Waals surface area contributed by atoms with E-state index in [1.807, 2.05) is 12.3 Å². The highest BCUT2D eigenvalue weighted by atomic mass is 16.1. The molecule has 3 heteroatoms. The van der Waals surface area contributed by atoms with Gasteiger partial charge in [-0.3, -0.25) is 4.79 Å². The molecule has 15 heavy (non-hydrogen) atoms. The summed E-state index contributed by atoms with van der Waals surface area (Å²) in [6.45, 7) is 1.11. The Morgan fingerprint density at radius 2 is 2.33 bits per heavy atom. The molecule has 1 aromatic heterocycles. The molecule has 2 unspecified atom stereocenters. The van der Waals surface area contributed by atoms with Crippen LogP contribution in [0, 0.1) is 5.92 Å². The summed E-state index contributed by atoms with van der Waals surface area (Å²) in [7, 11) is 1.80. The Kier molecular flexibility index (Phi) is 1.83. The average molecular weight is 202 g/mol. The van der Waals surface area contributed by atoms with Gasteiger partial charge in [0, 0.05) is 31.9 Å². The van der Waals surface area contributed by atoms with Gasteiger partial charge in [-0.15, -0.1) is 0 Å². The molecule has 1 aliphatic heterocycles. The Balaban J connectivity index is 2.04. The molecular weight excluding hydrogens is 188 g/mol. The van der Waals surface area contributed by atoms with Crippen LogP contribution < -0.4 is 10.9 Å². The number of rotatable bonds is 1. The summed E-state index contributed by atoms with van der Waals surface area (Å²) in [5.41, 5.74) is 2.59. The molecule has 2 atom stereocenters. The minimum Gasteiger partial charge on any atom is -0.318 e. The van der Waals surface area contributed by atoms with Crippen LogP contribution in [-0.4, -0.2) is 17.2 Å². The van der Waals surface area contributed by atoms with Crippen LogP contribution in [0.2, 0.25) is 0 Å². The van der Waals surface area contributed by atoms with E-state index in [-0.39, 0.29) is 5.56 Å². The maximum Gasteiger partial charge on any atom is 0.250 e. The molecule has 0 radical (unpaired) electrons. The van der Waals surface area contributed by atoms with E-state index in [0.29, 0.717) is 12.0 Å². The predicted molar refractivity (Wildman–Crippen MR) is 59.6 cm³/mol. The smallest absolute Gasteiger partial charge is 0.250 e. The summed E-state index contributed by atoms with van der Waals surface area (Å²) in [5, 5.41) is 3.48. The highest BCUT2D eigenvalue weighted by molar-refractivity contribution is 5.72. The first-order chi connectivity index (χ1) is 7.24. The van der Waals surface area contributed by atoms with Crippen LogP contribution in [0.15, 0.2) is 29.2 Å². The van der Waals surface area contributed by atoms with Crippen molar-refractivity contribution in [3.8, 4) is 0 Å². The molecule has 0 spiro atoms. The highest BCUT2D eigenvalue weighted by Gasteiger charge is 2.32. The van der Waals surface area contributed by atoms with Crippen molar-refractivity contribution in [2.45, 2.75) is 12.5 Å². The van der Waals surface area contributed by atoms with Crippen LogP contribution in [-0.2, 0) is 7.05 Å². The van der Waals surface area contributed by atoms with Gasteiger partial charge in [-0.05, 0) is 29.5 Å². The van der Waals surface area contributed by atoms with Crippen molar-refractivity contribution >= 4 is 5.57 Å². The number of hydrogen-bond donors (Lipinski definition) is 1. The van der Waals surface area contributed by atoms with Crippen LogP contribution >= 0.6 is 0 Å². The zero-order chi connectivity index (χ0) is 10.4. The van der Waals surface area contributed by atoms with Crippen molar-refractivity contribution in [3.05, 3.63) is 40.3 Å². The van der Waals surface area contributed by atoms with Gasteiger partial charge < -0.3 is 9.88 Å². The first-order valence-corrected chi connectivity index (χ1v) is 5.36. The summed E-state index contributed by atoms with van der Waals surface area (Å²) in [4.78, 5) is 11.3. The number of pyridine rings is 1. The quantitative estimate of drug-likeness (QED) is 0.729. The molecule has 1 fully saturated rings. The molecule has 2 bridgehead atoms. The van der Waals surface area contributed by atoms with Gasteiger partial charge >= 0.3 is 0 Å². The van der Waals surface area contributed by atoms with E-state index in [1.165, 1.54) is 17.6 Å². The normalized spacial score (nSPS) is 28.2. The third-order valence-electron chi connectivity index (χ3n) is 3.37. The Labute approximate surface area is 88.4 Å². The van der Waals surface area contributed by atoms with Gasteiger partial charge in [0.05, 0.1) is 0 Å². The van der Waals surface area contributed by atoms with Gasteiger partial charge in [0.1, 0.15) is 0 Å². The summed E-state index contributed by atoms with van der Waals surface area (Å²) in [6.07, 6.45) is 5.50. The van der Waals surface area contributed by atoms with Gasteiger partial charge in [0.25, 0.3) is 0 Å². The Morgan fingerprint density at radius 3 is 2.93 bits per heavy atom. The molecule has 1 aromatic rings. The van der Waals surface area contributed by atoms with Crippen molar-refractivity contribution in [2.75, 3.05) is 6.54 Å². The van der Waals surface area contributed by atoms with Crippen molar-refractivity contribution in [1.29, 1.82) is 0 Å². The fourth-order valence-electron chi connectivity index (χ4n) is 2.56. The first-order valence-electron chi connectivity index (χ1n) is 5.36. The molecule has 0 saturated carbocycles. The SMILES string of the molecule is Cn1cc(C2=CC3CNC2C3)ccc1=O.